The van der Waals surface area contributed by atoms with Crippen molar-refractivity contribution in [2.45, 2.75) is 6.92 Å². The first-order valence-corrected chi connectivity index (χ1v) is 4.46. The minimum atomic E-state index is -0.0722. The van der Waals surface area contributed by atoms with Crippen LogP contribution in [0.5, 0.6) is 5.75 Å². The number of rotatable bonds is 1. The van der Waals surface area contributed by atoms with Crippen LogP contribution in [0.25, 0.3) is 0 Å². The van der Waals surface area contributed by atoms with Crippen molar-refractivity contribution >= 4 is 11.6 Å². The van der Waals surface area contributed by atoms with E-state index in [1.807, 2.05) is 20.0 Å². The number of carbonyl (C=O) groups is 1. The molecule has 0 unspecified atom stereocenters. The second-order valence-electron chi connectivity index (χ2n) is 3.16. The van der Waals surface area contributed by atoms with Crippen molar-refractivity contribution in [1.29, 1.82) is 0 Å². The van der Waals surface area contributed by atoms with Crippen LogP contribution in [-0.2, 0) is 0 Å². The molecule has 4 nitrogen and oxygen atoms in total. The number of amides is 1. The molecule has 0 aliphatic carbocycles. The zero-order valence-corrected chi connectivity index (χ0v) is 8.18. The minimum absolute atomic E-state index is 0.0722. The van der Waals surface area contributed by atoms with Crippen molar-refractivity contribution < 1.29 is 9.53 Å². The van der Waals surface area contributed by atoms with Crippen molar-refractivity contribution in [1.82, 2.24) is 5.32 Å². The normalized spacial score (nSPS) is 14.0. The molecule has 1 aromatic carbocycles. The van der Waals surface area contributed by atoms with Gasteiger partial charge in [0, 0.05) is 18.3 Å². The highest BCUT2D eigenvalue weighted by Gasteiger charge is 2.20. The summed E-state index contributed by atoms with van der Waals surface area (Å²) in [5, 5.41) is 5.67. The number of fused-ring (bicyclic) bond motifs is 1. The van der Waals surface area contributed by atoms with Crippen LogP contribution in [0.1, 0.15) is 15.9 Å². The fourth-order valence-electron chi connectivity index (χ4n) is 1.60. The van der Waals surface area contributed by atoms with Gasteiger partial charge in [0.1, 0.15) is 5.75 Å². The largest absolute Gasteiger partial charge is 0.472 e. The van der Waals surface area contributed by atoms with Crippen LogP contribution in [-0.4, -0.2) is 19.7 Å². The van der Waals surface area contributed by atoms with Gasteiger partial charge in [-0.05, 0) is 19.1 Å². The summed E-state index contributed by atoms with van der Waals surface area (Å²) in [6, 6.07) is 3.64. The molecule has 0 saturated carbocycles. The van der Waals surface area contributed by atoms with Crippen molar-refractivity contribution in [3.05, 3.63) is 23.3 Å². The first-order chi connectivity index (χ1) is 6.74. The van der Waals surface area contributed by atoms with E-state index in [-0.39, 0.29) is 12.6 Å². The van der Waals surface area contributed by atoms with Gasteiger partial charge in [0.25, 0.3) is 5.91 Å². The topological polar surface area (TPSA) is 50.4 Å². The van der Waals surface area contributed by atoms with Gasteiger partial charge in [0.15, 0.2) is 6.73 Å². The first kappa shape index (κ1) is 8.87. The van der Waals surface area contributed by atoms with Gasteiger partial charge in [0.05, 0.1) is 5.56 Å². The van der Waals surface area contributed by atoms with Crippen molar-refractivity contribution in [2.75, 3.05) is 19.1 Å². The fourth-order valence-corrected chi connectivity index (χ4v) is 1.60. The Hall–Kier alpha value is -1.71. The average molecular weight is 192 g/mol. The Morgan fingerprint density at radius 3 is 3.00 bits per heavy atom. The molecule has 14 heavy (non-hydrogen) atoms. The molecule has 2 rings (SSSR count). The summed E-state index contributed by atoms with van der Waals surface area (Å²) >= 11 is 0. The fraction of sp³-hybridized carbons (Fsp3) is 0.300. The first-order valence-electron chi connectivity index (χ1n) is 4.46. The molecule has 1 heterocycles. The summed E-state index contributed by atoms with van der Waals surface area (Å²) in [6.07, 6.45) is 0. The van der Waals surface area contributed by atoms with E-state index in [0.717, 1.165) is 11.3 Å². The van der Waals surface area contributed by atoms with Gasteiger partial charge in [-0.2, -0.15) is 0 Å². The third kappa shape index (κ3) is 1.19. The SMILES string of the molecule is CNc1ccc2c(c1C)OCNC2=O. The molecule has 4 heteroatoms. The number of anilines is 1. The summed E-state index contributed by atoms with van der Waals surface area (Å²) in [5.41, 5.74) is 2.56. The third-order valence-electron chi connectivity index (χ3n) is 2.37. The molecule has 0 atom stereocenters. The Kier molecular flexibility index (Phi) is 2.04. The quantitative estimate of drug-likeness (QED) is 0.701. The predicted molar refractivity (Wildman–Crippen MR) is 53.7 cm³/mol. The molecule has 74 valence electrons. The Morgan fingerprint density at radius 1 is 1.50 bits per heavy atom. The highest BCUT2D eigenvalue weighted by Crippen LogP contribution is 2.31. The van der Waals surface area contributed by atoms with Crippen molar-refractivity contribution in [3.8, 4) is 5.75 Å². The number of benzene rings is 1. The molecule has 0 aromatic heterocycles. The number of nitrogens with one attached hydrogen (secondary N) is 2. The molecule has 1 amide bonds. The molecule has 1 aliphatic heterocycles. The summed E-state index contributed by atoms with van der Waals surface area (Å²) in [7, 11) is 1.84. The van der Waals surface area contributed by atoms with E-state index < -0.39 is 0 Å². The number of hydrogen-bond acceptors (Lipinski definition) is 3. The van der Waals surface area contributed by atoms with Gasteiger partial charge in [0.2, 0.25) is 0 Å². The summed E-state index contributed by atoms with van der Waals surface area (Å²) in [5.74, 6) is 0.609. The highest BCUT2D eigenvalue weighted by molar-refractivity contribution is 5.98. The van der Waals surface area contributed by atoms with Crippen LogP contribution in [0.4, 0.5) is 5.69 Å². The Bertz CT molecular complexity index is 388. The molecule has 1 aromatic rings. The number of hydrogen-bond donors (Lipinski definition) is 2. The molecule has 1 aliphatic rings. The lowest BCUT2D eigenvalue weighted by Crippen LogP contribution is -2.33. The van der Waals surface area contributed by atoms with E-state index in [1.165, 1.54) is 0 Å². The monoisotopic (exact) mass is 192 g/mol. The summed E-state index contributed by atoms with van der Waals surface area (Å²) < 4.78 is 5.40. The van der Waals surface area contributed by atoms with Gasteiger partial charge < -0.3 is 15.4 Å². The van der Waals surface area contributed by atoms with Gasteiger partial charge in [-0.15, -0.1) is 0 Å². The molecule has 0 fully saturated rings. The number of carbonyl (C=O) groups excluding carboxylic acids is 1. The molecule has 2 N–H and O–H groups in total. The van der Waals surface area contributed by atoms with Crippen molar-refractivity contribution in [2.24, 2.45) is 0 Å². The molecular formula is C10H12N2O2. The van der Waals surface area contributed by atoms with Crippen LogP contribution in [0, 0.1) is 6.92 Å². The van der Waals surface area contributed by atoms with Crippen LogP contribution in [0.2, 0.25) is 0 Å². The minimum Gasteiger partial charge on any atom is -0.472 e. The van der Waals surface area contributed by atoms with E-state index >= 15 is 0 Å². The molecule has 0 bridgehead atoms. The van der Waals surface area contributed by atoms with Crippen LogP contribution in [0.15, 0.2) is 12.1 Å². The van der Waals surface area contributed by atoms with Gasteiger partial charge in [-0.1, -0.05) is 0 Å². The molecule has 0 saturated heterocycles. The zero-order chi connectivity index (χ0) is 10.1. The van der Waals surface area contributed by atoms with Gasteiger partial charge >= 0.3 is 0 Å². The Morgan fingerprint density at radius 2 is 2.29 bits per heavy atom. The smallest absolute Gasteiger partial charge is 0.257 e. The lowest BCUT2D eigenvalue weighted by Gasteiger charge is -2.21. The second-order valence-corrected chi connectivity index (χ2v) is 3.16. The lowest BCUT2D eigenvalue weighted by molar-refractivity contribution is 0.0882. The molecule has 0 spiro atoms. The van der Waals surface area contributed by atoms with Gasteiger partial charge in [-0.25, -0.2) is 0 Å². The third-order valence-corrected chi connectivity index (χ3v) is 2.37. The maximum atomic E-state index is 11.4. The Balaban J connectivity index is 2.57. The van der Waals surface area contributed by atoms with Crippen molar-refractivity contribution in [3.63, 3.8) is 0 Å². The lowest BCUT2D eigenvalue weighted by atomic mass is 10.1. The van der Waals surface area contributed by atoms with E-state index in [2.05, 4.69) is 10.6 Å². The van der Waals surface area contributed by atoms with E-state index in [4.69, 9.17) is 4.74 Å². The summed E-state index contributed by atoms with van der Waals surface area (Å²) in [4.78, 5) is 11.4. The van der Waals surface area contributed by atoms with Crippen LogP contribution < -0.4 is 15.4 Å². The van der Waals surface area contributed by atoms with Crippen LogP contribution in [0.3, 0.4) is 0 Å². The van der Waals surface area contributed by atoms with Gasteiger partial charge in [-0.3, -0.25) is 4.79 Å². The maximum Gasteiger partial charge on any atom is 0.257 e. The zero-order valence-electron chi connectivity index (χ0n) is 8.18. The predicted octanol–water partition coefficient (Wildman–Crippen LogP) is 1.12. The number of ether oxygens (including phenoxy) is 1. The summed E-state index contributed by atoms with van der Waals surface area (Å²) in [6.45, 7) is 2.18. The van der Waals surface area contributed by atoms with E-state index in [0.29, 0.717) is 11.3 Å². The average Bonchev–Trinajstić information content (AvgIpc) is 2.20. The van der Waals surface area contributed by atoms with Crippen LogP contribution >= 0.6 is 0 Å². The second kappa shape index (κ2) is 3.21. The van der Waals surface area contributed by atoms with E-state index in [1.54, 1.807) is 6.07 Å². The standard InChI is InChI=1S/C10H12N2O2/c1-6-8(11-2)4-3-7-9(6)14-5-12-10(7)13/h3-4,11H,5H2,1-2H3,(H,12,13). The Labute approximate surface area is 82.3 Å². The molecule has 0 radical (unpaired) electrons. The molecular weight excluding hydrogens is 180 g/mol. The highest BCUT2D eigenvalue weighted by atomic mass is 16.5. The maximum absolute atomic E-state index is 11.4. The van der Waals surface area contributed by atoms with E-state index in [9.17, 15) is 4.79 Å².